The van der Waals surface area contributed by atoms with Gasteiger partial charge in [0.2, 0.25) is 15.9 Å². The van der Waals surface area contributed by atoms with Gasteiger partial charge in [-0.15, -0.1) is 0 Å². The number of piperazine rings is 1. The minimum absolute atomic E-state index is 0.0433. The molecule has 6 nitrogen and oxygen atoms in total. The molecule has 1 saturated carbocycles. The molecule has 1 atom stereocenters. The molecule has 1 aromatic carbocycles. The second-order valence-electron chi connectivity index (χ2n) is 6.35. The minimum Gasteiger partial charge on any atom is -0.352 e. The number of nitrogens with zero attached hydrogens (tertiary/aromatic N) is 2. The summed E-state index contributed by atoms with van der Waals surface area (Å²) in [5.74, 6) is 0.0433. The lowest BCUT2D eigenvalue weighted by molar-refractivity contribution is -0.126. The number of nitrogens with one attached hydrogen (secondary N) is 1. The van der Waals surface area contributed by atoms with Crippen LogP contribution in [0.1, 0.15) is 19.8 Å². The average molecular weight is 416 g/mol. The summed E-state index contributed by atoms with van der Waals surface area (Å²) >= 11 is 3.31. The molecular formula is C16H22BrN3O3S. The molecule has 1 saturated heterocycles. The van der Waals surface area contributed by atoms with Crippen molar-refractivity contribution in [1.29, 1.82) is 0 Å². The van der Waals surface area contributed by atoms with Gasteiger partial charge in [0.25, 0.3) is 0 Å². The monoisotopic (exact) mass is 415 g/mol. The Balaban J connectivity index is 1.59. The Bertz CT molecular complexity index is 696. The zero-order valence-corrected chi connectivity index (χ0v) is 16.0. The maximum atomic E-state index is 12.7. The molecule has 2 aliphatic rings. The highest BCUT2D eigenvalue weighted by Gasteiger charge is 2.33. The van der Waals surface area contributed by atoms with E-state index in [0.29, 0.717) is 37.1 Å². The number of halogens is 1. The highest BCUT2D eigenvalue weighted by atomic mass is 79.9. The molecule has 0 unspecified atom stereocenters. The van der Waals surface area contributed by atoms with Crippen molar-refractivity contribution in [1.82, 2.24) is 14.5 Å². The van der Waals surface area contributed by atoms with Crippen LogP contribution in [0.25, 0.3) is 0 Å². The third-order valence-electron chi connectivity index (χ3n) is 4.58. The van der Waals surface area contributed by atoms with E-state index in [1.807, 2.05) is 11.8 Å². The van der Waals surface area contributed by atoms with Gasteiger partial charge in [-0.25, -0.2) is 8.42 Å². The van der Waals surface area contributed by atoms with Gasteiger partial charge in [0.1, 0.15) is 0 Å². The van der Waals surface area contributed by atoms with Gasteiger partial charge < -0.3 is 5.32 Å². The van der Waals surface area contributed by atoms with Gasteiger partial charge in [-0.3, -0.25) is 9.69 Å². The van der Waals surface area contributed by atoms with Crippen molar-refractivity contribution in [3.8, 4) is 0 Å². The van der Waals surface area contributed by atoms with Gasteiger partial charge in [-0.2, -0.15) is 4.31 Å². The third kappa shape index (κ3) is 3.99. The minimum atomic E-state index is -3.47. The summed E-state index contributed by atoms with van der Waals surface area (Å²) in [7, 11) is -3.47. The summed E-state index contributed by atoms with van der Waals surface area (Å²) in [4.78, 5) is 14.5. The zero-order valence-electron chi connectivity index (χ0n) is 13.6. The fraction of sp³-hybridized carbons (Fsp3) is 0.562. The first-order valence-corrected chi connectivity index (χ1v) is 10.4. The van der Waals surface area contributed by atoms with E-state index in [4.69, 9.17) is 0 Å². The Labute approximate surface area is 151 Å². The maximum Gasteiger partial charge on any atom is 0.243 e. The number of carbonyl (C=O) groups excluding carboxylic acids is 1. The van der Waals surface area contributed by atoms with E-state index in [1.165, 1.54) is 4.31 Å². The molecule has 1 aromatic rings. The van der Waals surface area contributed by atoms with Crippen LogP contribution in [0.15, 0.2) is 33.6 Å². The standard InChI is InChI=1S/C16H22BrN3O3S/c1-12(16(21)18-14-4-5-14)19-8-10-20(11-9-19)24(22,23)15-6-2-13(17)3-7-15/h2-3,6-7,12,14H,4-5,8-11H2,1H3,(H,18,21)/t12-/m0/s1. The van der Waals surface area contributed by atoms with Crippen molar-refractivity contribution in [3.63, 3.8) is 0 Å². The molecule has 2 fully saturated rings. The van der Waals surface area contributed by atoms with E-state index in [0.717, 1.165) is 17.3 Å². The van der Waals surface area contributed by atoms with Gasteiger partial charge in [0, 0.05) is 36.7 Å². The molecule has 132 valence electrons. The van der Waals surface area contributed by atoms with Crippen LogP contribution in [0.2, 0.25) is 0 Å². The number of hydrogen-bond acceptors (Lipinski definition) is 4. The summed E-state index contributed by atoms with van der Waals surface area (Å²) in [5, 5.41) is 3.01. The SMILES string of the molecule is C[C@@H](C(=O)NC1CC1)N1CCN(S(=O)(=O)c2ccc(Br)cc2)CC1. The molecule has 3 rings (SSSR count). The first-order chi connectivity index (χ1) is 11.4. The highest BCUT2D eigenvalue weighted by molar-refractivity contribution is 9.10. The molecule has 0 aromatic heterocycles. The number of carbonyl (C=O) groups is 1. The molecule has 0 spiro atoms. The van der Waals surface area contributed by atoms with Crippen molar-refractivity contribution < 1.29 is 13.2 Å². The molecule has 1 heterocycles. The Morgan fingerprint density at radius 1 is 1.17 bits per heavy atom. The molecule has 1 amide bonds. The molecule has 1 aliphatic carbocycles. The zero-order chi connectivity index (χ0) is 17.3. The van der Waals surface area contributed by atoms with Gasteiger partial charge in [0.15, 0.2) is 0 Å². The molecule has 8 heteroatoms. The quantitative estimate of drug-likeness (QED) is 0.789. The van der Waals surface area contributed by atoms with Crippen molar-refractivity contribution >= 4 is 31.9 Å². The first-order valence-electron chi connectivity index (χ1n) is 8.18. The summed E-state index contributed by atoms with van der Waals surface area (Å²) in [5.41, 5.74) is 0. The first kappa shape index (κ1) is 17.8. The van der Waals surface area contributed by atoms with Crippen LogP contribution < -0.4 is 5.32 Å². The number of hydrogen-bond donors (Lipinski definition) is 1. The average Bonchev–Trinajstić information content (AvgIpc) is 3.38. The second-order valence-corrected chi connectivity index (χ2v) is 9.21. The van der Waals surface area contributed by atoms with E-state index in [-0.39, 0.29) is 11.9 Å². The molecule has 1 N–H and O–H groups in total. The van der Waals surface area contributed by atoms with Crippen LogP contribution in [0.5, 0.6) is 0 Å². The normalized spacial score (nSPS) is 21.4. The van der Waals surface area contributed by atoms with Gasteiger partial charge in [-0.05, 0) is 44.0 Å². The predicted octanol–water partition coefficient (Wildman–Crippen LogP) is 1.42. The highest BCUT2D eigenvalue weighted by Crippen LogP contribution is 2.21. The summed E-state index contributed by atoms with van der Waals surface area (Å²) in [6.45, 7) is 3.82. The van der Waals surface area contributed by atoms with Crippen LogP contribution >= 0.6 is 15.9 Å². The van der Waals surface area contributed by atoms with Crippen LogP contribution in [0.3, 0.4) is 0 Å². The van der Waals surface area contributed by atoms with E-state index in [1.54, 1.807) is 24.3 Å². The topological polar surface area (TPSA) is 69.7 Å². The van der Waals surface area contributed by atoms with Gasteiger partial charge in [0.05, 0.1) is 10.9 Å². The summed E-state index contributed by atoms with van der Waals surface area (Å²) in [6.07, 6.45) is 2.13. The lowest BCUT2D eigenvalue weighted by atomic mass is 10.2. The Morgan fingerprint density at radius 3 is 2.29 bits per heavy atom. The number of benzene rings is 1. The van der Waals surface area contributed by atoms with Crippen molar-refractivity contribution in [3.05, 3.63) is 28.7 Å². The van der Waals surface area contributed by atoms with Crippen molar-refractivity contribution in [2.24, 2.45) is 0 Å². The second kappa shape index (κ2) is 7.11. The lowest BCUT2D eigenvalue weighted by Gasteiger charge is -2.36. The molecule has 0 bridgehead atoms. The fourth-order valence-electron chi connectivity index (χ4n) is 2.80. The summed E-state index contributed by atoms with van der Waals surface area (Å²) in [6, 6.07) is 6.80. The maximum absolute atomic E-state index is 12.7. The van der Waals surface area contributed by atoms with Crippen molar-refractivity contribution in [2.45, 2.75) is 36.7 Å². The molecular weight excluding hydrogens is 394 g/mol. The van der Waals surface area contributed by atoms with E-state index < -0.39 is 10.0 Å². The van der Waals surface area contributed by atoms with E-state index in [9.17, 15) is 13.2 Å². The van der Waals surface area contributed by atoms with Crippen LogP contribution in [0.4, 0.5) is 0 Å². The molecule has 1 aliphatic heterocycles. The lowest BCUT2D eigenvalue weighted by Crippen LogP contribution is -2.55. The van der Waals surface area contributed by atoms with Gasteiger partial charge in [-0.1, -0.05) is 15.9 Å². The molecule has 24 heavy (non-hydrogen) atoms. The number of amides is 1. The van der Waals surface area contributed by atoms with E-state index in [2.05, 4.69) is 21.2 Å². The molecule has 0 radical (unpaired) electrons. The number of rotatable bonds is 5. The van der Waals surface area contributed by atoms with Crippen LogP contribution in [-0.2, 0) is 14.8 Å². The Hall–Kier alpha value is -0.960. The van der Waals surface area contributed by atoms with Crippen LogP contribution in [0, 0.1) is 0 Å². The predicted molar refractivity (Wildman–Crippen MR) is 95.1 cm³/mol. The Morgan fingerprint density at radius 2 is 1.75 bits per heavy atom. The smallest absolute Gasteiger partial charge is 0.243 e. The summed E-state index contributed by atoms with van der Waals surface area (Å²) < 4.78 is 27.7. The third-order valence-corrected chi connectivity index (χ3v) is 7.02. The Kier molecular flexibility index (Phi) is 5.29. The fourth-order valence-corrected chi connectivity index (χ4v) is 4.49. The van der Waals surface area contributed by atoms with E-state index >= 15 is 0 Å². The van der Waals surface area contributed by atoms with Gasteiger partial charge >= 0.3 is 0 Å². The van der Waals surface area contributed by atoms with Crippen molar-refractivity contribution in [2.75, 3.05) is 26.2 Å². The largest absolute Gasteiger partial charge is 0.352 e. The van der Waals surface area contributed by atoms with Crippen LogP contribution in [-0.4, -0.2) is 61.8 Å². The number of sulfonamides is 1.